The lowest BCUT2D eigenvalue weighted by molar-refractivity contribution is -0.111. The Morgan fingerprint density at radius 1 is 1.18 bits per heavy atom. The summed E-state index contributed by atoms with van der Waals surface area (Å²) < 4.78 is 24.3. The van der Waals surface area contributed by atoms with Gasteiger partial charge >= 0.3 is 0 Å². The fourth-order valence-electron chi connectivity index (χ4n) is 3.59. The Morgan fingerprint density at radius 3 is 2.52 bits per heavy atom. The van der Waals surface area contributed by atoms with E-state index in [0.29, 0.717) is 39.7 Å². The zero-order valence-corrected chi connectivity index (χ0v) is 24.7. The molecule has 1 unspecified atom stereocenters. The molecule has 0 aliphatic heterocycles. The summed E-state index contributed by atoms with van der Waals surface area (Å²) in [5.74, 6) is 0.759. The fourth-order valence-corrected chi connectivity index (χ4v) is 4.89. The smallest absolute Gasteiger partial charge is 0.247 e. The minimum Gasteiger partial charge on any atom is -0.494 e. The molecular formula is C27H34ClN6O5P. The molecule has 3 aromatic rings. The number of aromatic nitrogens is 2. The van der Waals surface area contributed by atoms with E-state index in [4.69, 9.17) is 21.1 Å². The zero-order chi connectivity index (χ0) is 29.4. The molecule has 0 saturated heterocycles. The maximum Gasteiger partial charge on any atom is 0.247 e. The second kappa shape index (κ2) is 13.6. The van der Waals surface area contributed by atoms with Gasteiger partial charge in [0.1, 0.15) is 30.3 Å². The SMILES string of the molecule is C=CC(=O)Nc1cc(Nc2ncc(Cl)c(Nc3ccccc3P(C)(C)=O)n2)c(OC)cc1OCC(CO)N(C)C. The van der Waals surface area contributed by atoms with Gasteiger partial charge in [-0.25, -0.2) is 4.98 Å². The number of hydrogen-bond donors (Lipinski definition) is 4. The number of ether oxygens (including phenoxy) is 2. The van der Waals surface area contributed by atoms with Gasteiger partial charge in [-0.05, 0) is 51.7 Å². The third-order valence-corrected chi connectivity index (χ3v) is 7.67. The molecule has 1 aromatic heterocycles. The highest BCUT2D eigenvalue weighted by atomic mass is 35.5. The molecule has 1 atom stereocenters. The van der Waals surface area contributed by atoms with Crippen LogP contribution in [-0.4, -0.2) is 79.7 Å². The second-order valence-corrected chi connectivity index (χ2v) is 13.0. The molecule has 2 aromatic carbocycles. The predicted molar refractivity (Wildman–Crippen MR) is 161 cm³/mol. The van der Waals surface area contributed by atoms with E-state index in [1.54, 1.807) is 37.6 Å². The molecule has 13 heteroatoms. The quantitative estimate of drug-likeness (QED) is 0.169. The van der Waals surface area contributed by atoms with Crippen molar-refractivity contribution >= 4 is 58.8 Å². The number of hydrogen-bond acceptors (Lipinski definition) is 10. The predicted octanol–water partition coefficient (Wildman–Crippen LogP) is 4.30. The van der Waals surface area contributed by atoms with E-state index in [9.17, 15) is 14.5 Å². The minimum absolute atomic E-state index is 0.110. The number of carbonyl (C=O) groups is 1. The van der Waals surface area contributed by atoms with Crippen LogP contribution in [0, 0.1) is 0 Å². The number of halogens is 1. The first kappa shape index (κ1) is 30.9. The number of carbonyl (C=O) groups excluding carboxylic acids is 1. The van der Waals surface area contributed by atoms with E-state index in [1.807, 2.05) is 31.1 Å². The number of nitrogens with zero attached hydrogens (tertiary/aromatic N) is 3. The van der Waals surface area contributed by atoms with Crippen LogP contribution >= 0.6 is 18.7 Å². The molecule has 3 rings (SSSR count). The van der Waals surface area contributed by atoms with Gasteiger partial charge < -0.3 is 40.0 Å². The first-order valence-corrected chi connectivity index (χ1v) is 15.2. The summed E-state index contributed by atoms with van der Waals surface area (Å²) in [7, 11) is 2.57. The molecule has 0 aliphatic carbocycles. The molecule has 0 saturated carbocycles. The summed E-state index contributed by atoms with van der Waals surface area (Å²) in [6, 6.07) is 10.2. The van der Waals surface area contributed by atoms with Gasteiger partial charge in [-0.1, -0.05) is 30.3 Å². The molecule has 11 nitrogen and oxygen atoms in total. The van der Waals surface area contributed by atoms with Crippen LogP contribution in [0.2, 0.25) is 5.02 Å². The van der Waals surface area contributed by atoms with Crippen LogP contribution < -0.4 is 30.7 Å². The molecule has 214 valence electrons. The molecule has 1 heterocycles. The molecule has 40 heavy (non-hydrogen) atoms. The monoisotopic (exact) mass is 588 g/mol. The topological polar surface area (TPSA) is 138 Å². The largest absolute Gasteiger partial charge is 0.494 e. The maximum absolute atomic E-state index is 12.8. The van der Waals surface area contributed by atoms with Crippen molar-refractivity contribution in [1.29, 1.82) is 0 Å². The van der Waals surface area contributed by atoms with Crippen LogP contribution in [0.25, 0.3) is 0 Å². The molecule has 0 aliphatic rings. The highest BCUT2D eigenvalue weighted by Gasteiger charge is 2.19. The van der Waals surface area contributed by atoms with E-state index < -0.39 is 13.0 Å². The molecular weight excluding hydrogens is 555 g/mol. The van der Waals surface area contributed by atoms with Gasteiger partial charge in [0.25, 0.3) is 0 Å². The summed E-state index contributed by atoms with van der Waals surface area (Å²) in [4.78, 5) is 22.8. The van der Waals surface area contributed by atoms with E-state index in [1.165, 1.54) is 13.3 Å². The number of methoxy groups -OCH3 is 1. The number of aliphatic hydroxyl groups excluding tert-OH is 1. The van der Waals surface area contributed by atoms with Crippen molar-refractivity contribution in [3.8, 4) is 11.5 Å². The molecule has 0 spiro atoms. The lowest BCUT2D eigenvalue weighted by Crippen LogP contribution is -2.36. The van der Waals surface area contributed by atoms with E-state index in [2.05, 4.69) is 32.5 Å². The van der Waals surface area contributed by atoms with Gasteiger partial charge in [0.05, 0.1) is 43.0 Å². The number of amides is 1. The number of anilines is 5. The van der Waals surface area contributed by atoms with Crippen LogP contribution in [0.3, 0.4) is 0 Å². The Hall–Kier alpha value is -3.63. The minimum atomic E-state index is -2.58. The maximum atomic E-state index is 12.8. The van der Waals surface area contributed by atoms with E-state index in [-0.39, 0.29) is 30.2 Å². The van der Waals surface area contributed by atoms with Gasteiger partial charge in [0.15, 0.2) is 5.82 Å². The Morgan fingerprint density at radius 2 is 1.90 bits per heavy atom. The molecule has 0 fully saturated rings. The summed E-state index contributed by atoms with van der Waals surface area (Å²) in [6.07, 6.45) is 2.57. The zero-order valence-electron chi connectivity index (χ0n) is 23.1. The lowest BCUT2D eigenvalue weighted by atomic mass is 10.2. The van der Waals surface area contributed by atoms with Gasteiger partial charge in [0, 0.05) is 11.4 Å². The van der Waals surface area contributed by atoms with E-state index in [0.717, 1.165) is 6.08 Å². The highest BCUT2D eigenvalue weighted by molar-refractivity contribution is 7.70. The standard InChI is InChI=1S/C27H34ClN6O5P/c1-7-25(36)30-21-12-20(22(38-4)13-23(21)39-16-17(15-35)34(2)3)32-27-29-14-18(28)26(33-27)31-19-10-8-9-11-24(19)40(5,6)37/h7-14,17,35H,1,15-16H2,2-6H3,(H,30,36)(H2,29,31,32,33). The van der Waals surface area contributed by atoms with Crippen LogP contribution in [0.5, 0.6) is 11.5 Å². The summed E-state index contributed by atoms with van der Waals surface area (Å²) in [6.45, 7) is 6.94. The Balaban J connectivity index is 1.96. The first-order chi connectivity index (χ1) is 19.0. The number of likely N-dealkylation sites (N-methyl/N-ethyl adjacent to an activating group) is 1. The van der Waals surface area contributed by atoms with Crippen molar-refractivity contribution in [2.45, 2.75) is 6.04 Å². The summed E-state index contributed by atoms with van der Waals surface area (Å²) >= 11 is 6.38. The first-order valence-electron chi connectivity index (χ1n) is 12.2. The van der Waals surface area contributed by atoms with Crippen LogP contribution in [0.4, 0.5) is 28.8 Å². The average molecular weight is 589 g/mol. The third-order valence-electron chi connectivity index (χ3n) is 5.85. The lowest BCUT2D eigenvalue weighted by Gasteiger charge is -2.23. The van der Waals surface area contributed by atoms with Crippen LogP contribution in [0.15, 0.2) is 55.3 Å². The molecule has 1 amide bonds. The fraction of sp³-hybridized carbons (Fsp3) is 0.296. The van der Waals surface area contributed by atoms with E-state index >= 15 is 0 Å². The van der Waals surface area contributed by atoms with Crippen LogP contribution in [-0.2, 0) is 9.36 Å². The van der Waals surface area contributed by atoms with Gasteiger partial charge in [0.2, 0.25) is 11.9 Å². The van der Waals surface area contributed by atoms with Crippen molar-refractivity contribution in [1.82, 2.24) is 14.9 Å². The summed E-state index contributed by atoms with van der Waals surface area (Å²) in [5.41, 5.74) is 1.39. The van der Waals surface area contributed by atoms with Gasteiger partial charge in [-0.3, -0.25) is 4.79 Å². The normalized spacial score (nSPS) is 12.0. The Bertz CT molecular complexity index is 1410. The Labute approximate surface area is 238 Å². The van der Waals surface area contributed by atoms with Crippen molar-refractivity contribution in [3.63, 3.8) is 0 Å². The third kappa shape index (κ3) is 7.95. The molecule has 0 bridgehead atoms. The summed E-state index contributed by atoms with van der Waals surface area (Å²) in [5, 5.41) is 19.5. The number of rotatable bonds is 13. The van der Waals surface area contributed by atoms with Gasteiger partial charge in [-0.2, -0.15) is 4.98 Å². The Kier molecular flexibility index (Phi) is 10.5. The number of benzene rings is 2. The van der Waals surface area contributed by atoms with Gasteiger partial charge in [-0.15, -0.1) is 0 Å². The second-order valence-electron chi connectivity index (χ2n) is 9.36. The average Bonchev–Trinajstić information content (AvgIpc) is 2.91. The van der Waals surface area contributed by atoms with Crippen molar-refractivity contribution < 1.29 is 23.9 Å². The number of aliphatic hydroxyl groups is 1. The molecule has 4 N–H and O–H groups in total. The molecule has 0 radical (unpaired) electrons. The van der Waals surface area contributed by atoms with Crippen molar-refractivity contribution in [2.24, 2.45) is 0 Å². The van der Waals surface area contributed by atoms with Crippen molar-refractivity contribution in [2.75, 3.05) is 63.7 Å². The number of para-hydroxylation sites is 1. The van der Waals surface area contributed by atoms with Crippen molar-refractivity contribution in [3.05, 3.63) is 60.3 Å². The highest BCUT2D eigenvalue weighted by Crippen LogP contribution is 2.40. The van der Waals surface area contributed by atoms with Crippen LogP contribution in [0.1, 0.15) is 0 Å². The number of nitrogens with one attached hydrogen (secondary N) is 3.